The zero-order chi connectivity index (χ0) is 9.52. The van der Waals surface area contributed by atoms with Crippen molar-refractivity contribution >= 4 is 12.6 Å². The number of hydrogen-bond acceptors (Lipinski definition) is 2. The lowest BCUT2D eigenvalue weighted by molar-refractivity contribution is 0.462. The van der Waals surface area contributed by atoms with Gasteiger partial charge in [-0.3, -0.25) is 0 Å². The van der Waals surface area contributed by atoms with Gasteiger partial charge in [0.15, 0.2) is 0 Å². The van der Waals surface area contributed by atoms with Crippen molar-refractivity contribution in [3.8, 4) is 0 Å². The van der Waals surface area contributed by atoms with E-state index in [9.17, 15) is 0 Å². The molecule has 0 saturated heterocycles. The van der Waals surface area contributed by atoms with Gasteiger partial charge in [0.05, 0.1) is 6.33 Å². The summed E-state index contributed by atoms with van der Waals surface area (Å²) in [6.07, 6.45) is 8.54. The Morgan fingerprint density at radius 1 is 1.54 bits per heavy atom. The molecule has 0 amide bonds. The van der Waals surface area contributed by atoms with Gasteiger partial charge in [-0.25, -0.2) is 4.98 Å². The van der Waals surface area contributed by atoms with Gasteiger partial charge < -0.3 is 4.98 Å². The highest BCUT2D eigenvalue weighted by Crippen LogP contribution is 2.16. The minimum Gasteiger partial charge on any atom is -0.348 e. The standard InChI is InChI=1S/C10H18N2S/c1-2-3-9(4-5-13)6-10-7-11-8-12-10/h7-9,13H,2-6H2,1H3,(H,11,12). The number of nitrogens with zero attached hydrogens (tertiary/aromatic N) is 1. The number of nitrogens with one attached hydrogen (secondary N) is 1. The molecule has 1 unspecified atom stereocenters. The van der Waals surface area contributed by atoms with Crippen molar-refractivity contribution < 1.29 is 0 Å². The highest BCUT2D eigenvalue weighted by Gasteiger charge is 2.08. The van der Waals surface area contributed by atoms with Crippen LogP contribution in [0.2, 0.25) is 0 Å². The smallest absolute Gasteiger partial charge is 0.0921 e. The van der Waals surface area contributed by atoms with E-state index in [2.05, 4.69) is 29.5 Å². The minimum atomic E-state index is 0.767. The van der Waals surface area contributed by atoms with Crippen molar-refractivity contribution in [2.45, 2.75) is 32.6 Å². The Hall–Kier alpha value is -0.440. The molecule has 74 valence electrons. The largest absolute Gasteiger partial charge is 0.348 e. The lowest BCUT2D eigenvalue weighted by atomic mass is 9.96. The first kappa shape index (κ1) is 10.6. The summed E-state index contributed by atoms with van der Waals surface area (Å²) < 4.78 is 0. The van der Waals surface area contributed by atoms with Crippen LogP contribution in [0.4, 0.5) is 0 Å². The molecule has 0 saturated carbocycles. The van der Waals surface area contributed by atoms with E-state index in [-0.39, 0.29) is 0 Å². The third-order valence-corrected chi connectivity index (χ3v) is 2.56. The van der Waals surface area contributed by atoms with Crippen LogP contribution >= 0.6 is 12.6 Å². The molecule has 1 heterocycles. The predicted octanol–water partition coefficient (Wildman–Crippen LogP) is 2.69. The number of rotatable bonds is 6. The molecule has 1 N–H and O–H groups in total. The predicted molar refractivity (Wildman–Crippen MR) is 59.2 cm³/mol. The first-order valence-corrected chi connectivity index (χ1v) is 5.58. The van der Waals surface area contributed by atoms with Crippen molar-refractivity contribution in [2.75, 3.05) is 5.75 Å². The van der Waals surface area contributed by atoms with E-state index in [1.807, 2.05) is 6.20 Å². The third-order valence-electron chi connectivity index (χ3n) is 2.30. The van der Waals surface area contributed by atoms with Crippen LogP contribution in [0, 0.1) is 5.92 Å². The molecular weight excluding hydrogens is 180 g/mol. The zero-order valence-corrected chi connectivity index (χ0v) is 9.06. The molecule has 1 atom stereocenters. The molecule has 0 spiro atoms. The number of H-pyrrole nitrogens is 1. The highest BCUT2D eigenvalue weighted by molar-refractivity contribution is 7.80. The van der Waals surface area contributed by atoms with Crippen LogP contribution in [0.25, 0.3) is 0 Å². The van der Waals surface area contributed by atoms with Crippen molar-refractivity contribution in [1.29, 1.82) is 0 Å². The Morgan fingerprint density at radius 3 is 2.92 bits per heavy atom. The summed E-state index contributed by atoms with van der Waals surface area (Å²) in [6.45, 7) is 2.23. The molecule has 0 aliphatic carbocycles. The maximum atomic E-state index is 4.28. The summed E-state index contributed by atoms with van der Waals surface area (Å²) in [6, 6.07) is 0. The average Bonchev–Trinajstić information content (AvgIpc) is 2.58. The summed E-state index contributed by atoms with van der Waals surface area (Å²) in [7, 11) is 0. The number of aromatic amines is 1. The maximum absolute atomic E-state index is 4.28. The van der Waals surface area contributed by atoms with Crippen molar-refractivity contribution in [1.82, 2.24) is 9.97 Å². The van der Waals surface area contributed by atoms with Gasteiger partial charge in [0, 0.05) is 11.9 Å². The van der Waals surface area contributed by atoms with Gasteiger partial charge in [-0.1, -0.05) is 19.8 Å². The van der Waals surface area contributed by atoms with Crippen LogP contribution in [0.3, 0.4) is 0 Å². The molecule has 1 aromatic heterocycles. The summed E-state index contributed by atoms with van der Waals surface area (Å²) >= 11 is 4.28. The SMILES string of the molecule is CCCC(CCS)Cc1cnc[nH]1. The zero-order valence-electron chi connectivity index (χ0n) is 8.16. The van der Waals surface area contributed by atoms with E-state index < -0.39 is 0 Å². The van der Waals surface area contributed by atoms with Crippen LogP contribution in [-0.4, -0.2) is 15.7 Å². The van der Waals surface area contributed by atoms with Gasteiger partial charge in [-0.15, -0.1) is 0 Å². The molecule has 0 aromatic carbocycles. The van der Waals surface area contributed by atoms with Crippen LogP contribution < -0.4 is 0 Å². The molecule has 2 nitrogen and oxygen atoms in total. The number of hydrogen-bond donors (Lipinski definition) is 2. The van der Waals surface area contributed by atoms with Crippen LogP contribution in [0.1, 0.15) is 31.9 Å². The summed E-state index contributed by atoms with van der Waals surface area (Å²) in [5, 5.41) is 0. The molecule has 0 aliphatic rings. The second kappa shape index (κ2) is 6.08. The molecule has 1 rings (SSSR count). The minimum absolute atomic E-state index is 0.767. The molecular formula is C10H18N2S. The van der Waals surface area contributed by atoms with Crippen molar-refractivity contribution in [3.05, 3.63) is 18.2 Å². The summed E-state index contributed by atoms with van der Waals surface area (Å²) in [4.78, 5) is 7.17. The fourth-order valence-corrected chi connectivity index (χ4v) is 2.01. The van der Waals surface area contributed by atoms with Crippen LogP contribution in [-0.2, 0) is 6.42 Å². The number of aromatic nitrogens is 2. The van der Waals surface area contributed by atoms with Crippen LogP contribution in [0.5, 0.6) is 0 Å². The van der Waals surface area contributed by atoms with E-state index in [1.165, 1.54) is 25.0 Å². The van der Waals surface area contributed by atoms with Gasteiger partial charge in [0.1, 0.15) is 0 Å². The summed E-state index contributed by atoms with van der Waals surface area (Å²) in [5.41, 5.74) is 1.25. The fraction of sp³-hybridized carbons (Fsp3) is 0.700. The number of thiol groups is 1. The quantitative estimate of drug-likeness (QED) is 0.676. The van der Waals surface area contributed by atoms with E-state index in [0.717, 1.165) is 18.1 Å². The first-order valence-electron chi connectivity index (χ1n) is 4.95. The molecule has 0 aliphatic heterocycles. The average molecular weight is 198 g/mol. The Bertz CT molecular complexity index is 203. The third kappa shape index (κ3) is 3.85. The van der Waals surface area contributed by atoms with E-state index in [4.69, 9.17) is 0 Å². The Labute approximate surface area is 85.6 Å². The second-order valence-electron chi connectivity index (χ2n) is 3.45. The van der Waals surface area contributed by atoms with Gasteiger partial charge >= 0.3 is 0 Å². The highest BCUT2D eigenvalue weighted by atomic mass is 32.1. The van der Waals surface area contributed by atoms with Gasteiger partial charge in [0.25, 0.3) is 0 Å². The fourth-order valence-electron chi connectivity index (χ4n) is 1.65. The lowest BCUT2D eigenvalue weighted by Gasteiger charge is -2.13. The molecule has 0 bridgehead atoms. The van der Waals surface area contributed by atoms with E-state index in [1.54, 1.807) is 6.33 Å². The van der Waals surface area contributed by atoms with Crippen LogP contribution in [0.15, 0.2) is 12.5 Å². The van der Waals surface area contributed by atoms with E-state index in [0.29, 0.717) is 0 Å². The molecule has 0 radical (unpaired) electrons. The van der Waals surface area contributed by atoms with Crippen molar-refractivity contribution in [2.24, 2.45) is 5.92 Å². The first-order chi connectivity index (χ1) is 6.36. The van der Waals surface area contributed by atoms with Gasteiger partial charge in [0.2, 0.25) is 0 Å². The Morgan fingerprint density at radius 2 is 2.38 bits per heavy atom. The molecule has 1 aromatic rings. The van der Waals surface area contributed by atoms with Gasteiger partial charge in [-0.2, -0.15) is 12.6 Å². The number of imidazole rings is 1. The summed E-state index contributed by atoms with van der Waals surface area (Å²) in [5.74, 6) is 1.75. The lowest BCUT2D eigenvalue weighted by Crippen LogP contribution is -2.05. The topological polar surface area (TPSA) is 28.7 Å². The Kier molecular flexibility index (Phi) is 4.98. The monoisotopic (exact) mass is 198 g/mol. The van der Waals surface area contributed by atoms with E-state index >= 15 is 0 Å². The Balaban J connectivity index is 2.37. The van der Waals surface area contributed by atoms with Gasteiger partial charge in [-0.05, 0) is 24.5 Å². The maximum Gasteiger partial charge on any atom is 0.0921 e. The molecule has 0 fully saturated rings. The molecule has 3 heteroatoms. The molecule has 13 heavy (non-hydrogen) atoms. The second-order valence-corrected chi connectivity index (χ2v) is 3.90. The normalized spacial score (nSPS) is 13.1. The van der Waals surface area contributed by atoms with Crippen molar-refractivity contribution in [3.63, 3.8) is 0 Å².